The number of hydrogen-bond acceptors (Lipinski definition) is 1. The van der Waals surface area contributed by atoms with Gasteiger partial charge in [0.05, 0.1) is 6.54 Å². The van der Waals surface area contributed by atoms with Crippen molar-refractivity contribution < 1.29 is 0 Å². The second kappa shape index (κ2) is 3.63. The van der Waals surface area contributed by atoms with E-state index in [2.05, 4.69) is 17.9 Å². The van der Waals surface area contributed by atoms with Gasteiger partial charge in [-0.15, -0.1) is 6.42 Å². The molecule has 0 spiro atoms. The lowest BCUT2D eigenvalue weighted by molar-refractivity contribution is 0.275. The number of rotatable bonds is 2. The molecule has 1 heteroatoms. The minimum absolute atomic E-state index is 0.774. The molecule has 1 saturated carbocycles. The van der Waals surface area contributed by atoms with Crippen LogP contribution >= 0.6 is 0 Å². The number of nitrogens with zero attached hydrogens (tertiary/aromatic N) is 1. The van der Waals surface area contributed by atoms with E-state index in [-0.39, 0.29) is 0 Å². The highest BCUT2D eigenvalue weighted by Crippen LogP contribution is 2.21. The van der Waals surface area contributed by atoms with Crippen molar-refractivity contribution in [1.29, 1.82) is 0 Å². The molecular formula is C9H15N. The van der Waals surface area contributed by atoms with Crippen LogP contribution in [0.4, 0.5) is 0 Å². The molecule has 1 aliphatic rings. The predicted molar refractivity (Wildman–Crippen MR) is 43.7 cm³/mol. The first-order valence-corrected chi connectivity index (χ1v) is 3.98. The Labute approximate surface area is 63.4 Å². The molecular weight excluding hydrogens is 122 g/mol. The SMILES string of the molecule is C#CCN(C)C1CCCC1. The van der Waals surface area contributed by atoms with Crippen molar-refractivity contribution in [3.63, 3.8) is 0 Å². The fourth-order valence-electron chi connectivity index (χ4n) is 1.62. The molecule has 10 heavy (non-hydrogen) atoms. The van der Waals surface area contributed by atoms with Crippen molar-refractivity contribution >= 4 is 0 Å². The molecule has 0 bridgehead atoms. The van der Waals surface area contributed by atoms with Crippen LogP contribution in [0.3, 0.4) is 0 Å². The van der Waals surface area contributed by atoms with E-state index in [1.165, 1.54) is 25.7 Å². The molecule has 0 unspecified atom stereocenters. The van der Waals surface area contributed by atoms with Crippen LogP contribution in [0.5, 0.6) is 0 Å². The summed E-state index contributed by atoms with van der Waals surface area (Å²) in [5.41, 5.74) is 0. The van der Waals surface area contributed by atoms with Crippen LogP contribution in [-0.4, -0.2) is 24.5 Å². The van der Waals surface area contributed by atoms with Crippen LogP contribution in [0, 0.1) is 12.3 Å². The summed E-state index contributed by atoms with van der Waals surface area (Å²) in [5.74, 6) is 2.67. The van der Waals surface area contributed by atoms with Crippen molar-refractivity contribution in [2.75, 3.05) is 13.6 Å². The maximum Gasteiger partial charge on any atom is 0.0598 e. The Balaban J connectivity index is 2.26. The van der Waals surface area contributed by atoms with Crippen molar-refractivity contribution in [1.82, 2.24) is 4.90 Å². The Bertz CT molecular complexity index is 128. The zero-order valence-corrected chi connectivity index (χ0v) is 6.64. The molecule has 0 aromatic rings. The second-order valence-corrected chi connectivity index (χ2v) is 3.06. The third-order valence-corrected chi connectivity index (χ3v) is 2.29. The number of terminal acetylenes is 1. The summed E-state index contributed by atoms with van der Waals surface area (Å²) in [4.78, 5) is 2.28. The van der Waals surface area contributed by atoms with Gasteiger partial charge in [-0.05, 0) is 19.9 Å². The van der Waals surface area contributed by atoms with Crippen molar-refractivity contribution in [3.8, 4) is 12.3 Å². The minimum atomic E-state index is 0.774. The van der Waals surface area contributed by atoms with Gasteiger partial charge in [0.25, 0.3) is 0 Å². The molecule has 0 saturated heterocycles. The molecule has 0 aliphatic heterocycles. The summed E-state index contributed by atoms with van der Waals surface area (Å²) < 4.78 is 0. The summed E-state index contributed by atoms with van der Waals surface area (Å²) in [6, 6.07) is 0.774. The molecule has 0 aromatic heterocycles. The minimum Gasteiger partial charge on any atom is -0.292 e. The van der Waals surface area contributed by atoms with Crippen LogP contribution in [0.15, 0.2) is 0 Å². The Morgan fingerprint density at radius 2 is 2.10 bits per heavy atom. The van der Waals surface area contributed by atoms with E-state index in [4.69, 9.17) is 6.42 Å². The first-order valence-electron chi connectivity index (χ1n) is 3.98. The van der Waals surface area contributed by atoms with Gasteiger partial charge >= 0.3 is 0 Å². The third kappa shape index (κ3) is 1.75. The van der Waals surface area contributed by atoms with Gasteiger partial charge in [-0.1, -0.05) is 18.8 Å². The van der Waals surface area contributed by atoms with Crippen LogP contribution in [0.2, 0.25) is 0 Å². The van der Waals surface area contributed by atoms with Crippen molar-refractivity contribution in [2.45, 2.75) is 31.7 Å². The summed E-state index contributed by atoms with van der Waals surface area (Å²) in [5, 5.41) is 0. The Morgan fingerprint density at radius 1 is 1.50 bits per heavy atom. The van der Waals surface area contributed by atoms with E-state index < -0.39 is 0 Å². The highest BCUT2D eigenvalue weighted by atomic mass is 15.1. The summed E-state index contributed by atoms with van der Waals surface area (Å²) in [7, 11) is 2.12. The average Bonchev–Trinajstić information content (AvgIpc) is 2.38. The monoisotopic (exact) mass is 137 g/mol. The van der Waals surface area contributed by atoms with Crippen molar-refractivity contribution in [3.05, 3.63) is 0 Å². The van der Waals surface area contributed by atoms with Crippen LogP contribution in [0.1, 0.15) is 25.7 Å². The van der Waals surface area contributed by atoms with Gasteiger partial charge in [0, 0.05) is 6.04 Å². The van der Waals surface area contributed by atoms with Gasteiger partial charge in [-0.3, -0.25) is 4.90 Å². The van der Waals surface area contributed by atoms with E-state index in [9.17, 15) is 0 Å². The molecule has 56 valence electrons. The van der Waals surface area contributed by atoms with Gasteiger partial charge < -0.3 is 0 Å². The standard InChI is InChI=1S/C9H15N/c1-3-8-10(2)9-6-4-5-7-9/h1,9H,4-8H2,2H3. The molecule has 0 N–H and O–H groups in total. The summed E-state index contributed by atoms with van der Waals surface area (Å²) in [6.45, 7) is 0.810. The lowest BCUT2D eigenvalue weighted by atomic mass is 10.2. The fourth-order valence-corrected chi connectivity index (χ4v) is 1.62. The molecule has 0 radical (unpaired) electrons. The third-order valence-electron chi connectivity index (χ3n) is 2.29. The summed E-state index contributed by atoms with van der Waals surface area (Å²) in [6.07, 6.45) is 10.7. The van der Waals surface area contributed by atoms with Gasteiger partial charge in [0.1, 0.15) is 0 Å². The maximum atomic E-state index is 5.21. The Kier molecular flexibility index (Phi) is 2.77. The van der Waals surface area contributed by atoms with Gasteiger partial charge in [-0.25, -0.2) is 0 Å². The van der Waals surface area contributed by atoms with Crippen LogP contribution in [-0.2, 0) is 0 Å². The molecule has 1 fully saturated rings. The van der Waals surface area contributed by atoms with Gasteiger partial charge in [-0.2, -0.15) is 0 Å². The van der Waals surface area contributed by atoms with Gasteiger partial charge in [0.2, 0.25) is 0 Å². The lowest BCUT2D eigenvalue weighted by Gasteiger charge is -2.20. The quantitative estimate of drug-likeness (QED) is 0.521. The lowest BCUT2D eigenvalue weighted by Crippen LogP contribution is -2.29. The maximum absolute atomic E-state index is 5.21. The molecule has 1 rings (SSSR count). The zero-order chi connectivity index (χ0) is 7.40. The molecule has 1 nitrogen and oxygen atoms in total. The highest BCUT2D eigenvalue weighted by molar-refractivity contribution is 4.90. The topological polar surface area (TPSA) is 3.24 Å². The average molecular weight is 137 g/mol. The molecule has 0 heterocycles. The van der Waals surface area contributed by atoms with Crippen LogP contribution in [0.25, 0.3) is 0 Å². The van der Waals surface area contributed by atoms with E-state index in [0.717, 1.165) is 12.6 Å². The van der Waals surface area contributed by atoms with E-state index in [0.29, 0.717) is 0 Å². The Hall–Kier alpha value is -0.480. The first kappa shape index (κ1) is 7.63. The van der Waals surface area contributed by atoms with E-state index >= 15 is 0 Å². The summed E-state index contributed by atoms with van der Waals surface area (Å²) >= 11 is 0. The van der Waals surface area contributed by atoms with Crippen molar-refractivity contribution in [2.24, 2.45) is 0 Å². The number of hydrogen-bond donors (Lipinski definition) is 0. The smallest absolute Gasteiger partial charge is 0.0598 e. The fraction of sp³-hybridized carbons (Fsp3) is 0.778. The highest BCUT2D eigenvalue weighted by Gasteiger charge is 2.17. The Morgan fingerprint density at radius 3 is 2.60 bits per heavy atom. The predicted octanol–water partition coefficient (Wildman–Crippen LogP) is 1.49. The molecule has 0 atom stereocenters. The van der Waals surface area contributed by atoms with Gasteiger partial charge in [0.15, 0.2) is 0 Å². The van der Waals surface area contributed by atoms with Crippen LogP contribution < -0.4 is 0 Å². The van der Waals surface area contributed by atoms with E-state index in [1.807, 2.05) is 0 Å². The first-order chi connectivity index (χ1) is 4.84. The molecule has 0 aromatic carbocycles. The zero-order valence-electron chi connectivity index (χ0n) is 6.64. The van der Waals surface area contributed by atoms with E-state index in [1.54, 1.807) is 0 Å². The molecule has 0 amide bonds. The molecule has 1 aliphatic carbocycles. The second-order valence-electron chi connectivity index (χ2n) is 3.06. The largest absolute Gasteiger partial charge is 0.292 e. The normalized spacial score (nSPS) is 19.7.